The van der Waals surface area contributed by atoms with Crippen molar-refractivity contribution >= 4 is 17.7 Å². The third-order valence-corrected chi connectivity index (χ3v) is 3.90. The number of hydrogen-bond donors (Lipinski definition) is 2. The third kappa shape index (κ3) is 3.74. The van der Waals surface area contributed by atoms with E-state index in [0.717, 1.165) is 18.5 Å². The SMILES string of the molecule is Nc1nccc(C2CCCN(C(=O)Nc3cccc(F)c3)C2)n1. The minimum absolute atomic E-state index is 0.132. The van der Waals surface area contributed by atoms with E-state index in [2.05, 4.69) is 15.3 Å². The van der Waals surface area contributed by atoms with Crippen LogP contribution in [0, 0.1) is 5.82 Å². The zero-order chi connectivity index (χ0) is 16.2. The maximum absolute atomic E-state index is 13.2. The van der Waals surface area contributed by atoms with Crippen molar-refractivity contribution < 1.29 is 9.18 Å². The van der Waals surface area contributed by atoms with Gasteiger partial charge in [0.25, 0.3) is 0 Å². The Kier molecular flexibility index (Phi) is 4.36. The van der Waals surface area contributed by atoms with Gasteiger partial charge in [0.2, 0.25) is 5.95 Å². The summed E-state index contributed by atoms with van der Waals surface area (Å²) < 4.78 is 13.2. The average molecular weight is 315 g/mol. The zero-order valence-electron chi connectivity index (χ0n) is 12.6. The van der Waals surface area contributed by atoms with Gasteiger partial charge in [-0.05, 0) is 37.1 Å². The molecule has 1 saturated heterocycles. The number of halogens is 1. The number of carbonyl (C=O) groups is 1. The number of aromatic nitrogens is 2. The molecule has 7 heteroatoms. The van der Waals surface area contributed by atoms with Crippen LogP contribution in [0.1, 0.15) is 24.5 Å². The molecule has 3 N–H and O–H groups in total. The summed E-state index contributed by atoms with van der Waals surface area (Å²) >= 11 is 0. The van der Waals surface area contributed by atoms with E-state index >= 15 is 0 Å². The summed E-state index contributed by atoms with van der Waals surface area (Å²) in [5.74, 6) is -0.00748. The van der Waals surface area contributed by atoms with Gasteiger partial charge in [-0.3, -0.25) is 0 Å². The average Bonchev–Trinajstić information content (AvgIpc) is 2.55. The quantitative estimate of drug-likeness (QED) is 0.892. The standard InChI is InChI=1S/C16H18FN5O/c17-12-4-1-5-13(9-12)20-16(23)22-8-2-3-11(10-22)14-6-7-19-15(18)21-14/h1,4-7,9,11H,2-3,8,10H2,(H,20,23)(H2,18,19,21). The lowest BCUT2D eigenvalue weighted by Crippen LogP contribution is -2.41. The highest BCUT2D eigenvalue weighted by Gasteiger charge is 2.25. The first-order valence-electron chi connectivity index (χ1n) is 7.52. The molecular formula is C16H18FN5O. The van der Waals surface area contributed by atoms with Crippen molar-refractivity contribution in [2.24, 2.45) is 0 Å². The van der Waals surface area contributed by atoms with Gasteiger partial charge in [0.15, 0.2) is 0 Å². The molecule has 0 bridgehead atoms. The second kappa shape index (κ2) is 6.60. The first kappa shape index (κ1) is 15.2. The second-order valence-corrected chi connectivity index (χ2v) is 5.57. The summed E-state index contributed by atoms with van der Waals surface area (Å²) in [6.45, 7) is 1.22. The van der Waals surface area contributed by atoms with Crippen molar-refractivity contribution in [1.82, 2.24) is 14.9 Å². The van der Waals surface area contributed by atoms with E-state index in [1.165, 1.54) is 12.1 Å². The summed E-state index contributed by atoms with van der Waals surface area (Å²) in [6.07, 6.45) is 3.45. The Morgan fingerprint density at radius 3 is 3.04 bits per heavy atom. The summed E-state index contributed by atoms with van der Waals surface area (Å²) in [7, 11) is 0. The zero-order valence-corrected chi connectivity index (χ0v) is 12.6. The fraction of sp³-hybridized carbons (Fsp3) is 0.312. The molecule has 1 aromatic heterocycles. The smallest absolute Gasteiger partial charge is 0.321 e. The number of piperidine rings is 1. The first-order valence-corrected chi connectivity index (χ1v) is 7.52. The monoisotopic (exact) mass is 315 g/mol. The molecule has 1 aromatic carbocycles. The van der Waals surface area contributed by atoms with Crippen molar-refractivity contribution in [1.29, 1.82) is 0 Å². The second-order valence-electron chi connectivity index (χ2n) is 5.57. The Labute approximate surface area is 133 Å². The van der Waals surface area contributed by atoms with Gasteiger partial charge in [0.1, 0.15) is 5.82 Å². The number of rotatable bonds is 2. The molecule has 120 valence electrons. The van der Waals surface area contributed by atoms with Crippen molar-refractivity contribution in [2.45, 2.75) is 18.8 Å². The summed E-state index contributed by atoms with van der Waals surface area (Å²) in [4.78, 5) is 22.2. The number of nitrogens with zero attached hydrogens (tertiary/aromatic N) is 3. The number of benzene rings is 1. The highest BCUT2D eigenvalue weighted by Crippen LogP contribution is 2.26. The van der Waals surface area contributed by atoms with Gasteiger partial charge >= 0.3 is 6.03 Å². The van der Waals surface area contributed by atoms with Gasteiger partial charge in [-0.25, -0.2) is 19.2 Å². The lowest BCUT2D eigenvalue weighted by Gasteiger charge is -2.32. The van der Waals surface area contributed by atoms with Crippen LogP contribution in [0.2, 0.25) is 0 Å². The van der Waals surface area contributed by atoms with Gasteiger partial charge in [-0.15, -0.1) is 0 Å². The number of nitrogens with two attached hydrogens (primary N) is 1. The Hall–Kier alpha value is -2.70. The molecule has 1 aliphatic rings. The summed E-state index contributed by atoms with van der Waals surface area (Å²) in [5, 5.41) is 2.73. The maximum atomic E-state index is 13.2. The summed E-state index contributed by atoms with van der Waals surface area (Å²) in [5.41, 5.74) is 6.92. The van der Waals surface area contributed by atoms with Crippen LogP contribution in [0.5, 0.6) is 0 Å². The van der Waals surface area contributed by atoms with Gasteiger partial charge < -0.3 is 16.0 Å². The van der Waals surface area contributed by atoms with E-state index in [9.17, 15) is 9.18 Å². The van der Waals surface area contributed by atoms with Crippen LogP contribution < -0.4 is 11.1 Å². The highest BCUT2D eigenvalue weighted by atomic mass is 19.1. The van der Waals surface area contributed by atoms with E-state index < -0.39 is 0 Å². The van der Waals surface area contributed by atoms with E-state index in [-0.39, 0.29) is 23.7 Å². The molecule has 3 rings (SSSR count). The highest BCUT2D eigenvalue weighted by molar-refractivity contribution is 5.89. The van der Waals surface area contributed by atoms with Gasteiger partial charge in [-0.2, -0.15) is 0 Å². The van der Waals surface area contributed by atoms with E-state index in [0.29, 0.717) is 18.8 Å². The van der Waals surface area contributed by atoms with Crippen LogP contribution in [0.4, 0.5) is 20.8 Å². The molecule has 0 saturated carbocycles. The molecule has 2 amide bonds. The molecule has 1 aliphatic heterocycles. The largest absolute Gasteiger partial charge is 0.368 e. The van der Waals surface area contributed by atoms with Gasteiger partial charge in [0, 0.05) is 30.9 Å². The molecule has 1 unspecified atom stereocenters. The van der Waals surface area contributed by atoms with Crippen LogP contribution in [0.25, 0.3) is 0 Å². The molecule has 1 fully saturated rings. The fourth-order valence-corrected chi connectivity index (χ4v) is 2.79. The Morgan fingerprint density at radius 2 is 2.26 bits per heavy atom. The van der Waals surface area contributed by atoms with Crippen molar-refractivity contribution in [2.75, 3.05) is 24.1 Å². The normalized spacial score (nSPS) is 17.8. The number of amides is 2. The molecule has 6 nitrogen and oxygen atoms in total. The van der Waals surface area contributed by atoms with Crippen molar-refractivity contribution in [3.8, 4) is 0 Å². The van der Waals surface area contributed by atoms with E-state index in [1.807, 2.05) is 6.07 Å². The first-order chi connectivity index (χ1) is 11.1. The number of urea groups is 1. The molecular weight excluding hydrogens is 297 g/mol. The predicted molar refractivity (Wildman–Crippen MR) is 85.4 cm³/mol. The van der Waals surface area contributed by atoms with Crippen LogP contribution in [-0.4, -0.2) is 34.0 Å². The molecule has 0 radical (unpaired) electrons. The summed E-state index contributed by atoms with van der Waals surface area (Å²) in [6, 6.07) is 7.45. The minimum Gasteiger partial charge on any atom is -0.368 e. The molecule has 1 atom stereocenters. The Morgan fingerprint density at radius 1 is 1.39 bits per heavy atom. The lowest BCUT2D eigenvalue weighted by atomic mass is 9.95. The topological polar surface area (TPSA) is 84.1 Å². The molecule has 0 aliphatic carbocycles. The Balaban J connectivity index is 1.67. The van der Waals surface area contributed by atoms with Crippen LogP contribution in [0.15, 0.2) is 36.5 Å². The number of anilines is 2. The molecule has 0 spiro atoms. The van der Waals surface area contributed by atoms with Crippen molar-refractivity contribution in [3.05, 3.63) is 48.0 Å². The van der Waals surface area contributed by atoms with E-state index in [1.54, 1.807) is 23.2 Å². The van der Waals surface area contributed by atoms with E-state index in [4.69, 9.17) is 5.73 Å². The molecule has 23 heavy (non-hydrogen) atoms. The Bertz CT molecular complexity index is 708. The number of likely N-dealkylation sites (tertiary alicyclic amines) is 1. The number of carbonyl (C=O) groups excluding carboxylic acids is 1. The van der Waals surface area contributed by atoms with Crippen LogP contribution in [0.3, 0.4) is 0 Å². The van der Waals surface area contributed by atoms with Gasteiger partial charge in [0.05, 0.1) is 5.69 Å². The fourth-order valence-electron chi connectivity index (χ4n) is 2.79. The van der Waals surface area contributed by atoms with Gasteiger partial charge in [-0.1, -0.05) is 6.07 Å². The predicted octanol–water partition coefficient (Wildman–Crippen LogP) is 2.61. The lowest BCUT2D eigenvalue weighted by molar-refractivity contribution is 0.192. The third-order valence-electron chi connectivity index (χ3n) is 3.90. The van der Waals surface area contributed by atoms with Crippen molar-refractivity contribution in [3.63, 3.8) is 0 Å². The molecule has 2 aromatic rings. The number of hydrogen-bond acceptors (Lipinski definition) is 4. The number of nitrogens with one attached hydrogen (secondary N) is 1. The van der Waals surface area contributed by atoms with Crippen LogP contribution in [-0.2, 0) is 0 Å². The minimum atomic E-state index is -0.379. The van der Waals surface area contributed by atoms with Crippen LogP contribution >= 0.6 is 0 Å². The molecule has 2 heterocycles. The maximum Gasteiger partial charge on any atom is 0.321 e. The number of nitrogen functional groups attached to an aromatic ring is 1.